The minimum Gasteiger partial charge on any atom is -0.480 e. The first-order chi connectivity index (χ1) is 8.95. The SMILES string of the molecule is CCCC[C@H](NC(=O)c1ccc(Cl)c(Cl)c1)C(=O)O. The van der Waals surface area contributed by atoms with Crippen LogP contribution in [0.1, 0.15) is 36.5 Å². The Balaban J connectivity index is 2.75. The third kappa shape index (κ3) is 4.73. The van der Waals surface area contributed by atoms with Gasteiger partial charge in [0.2, 0.25) is 0 Å². The predicted octanol–water partition coefficient (Wildman–Crippen LogP) is 3.37. The lowest BCUT2D eigenvalue weighted by molar-refractivity contribution is -0.139. The summed E-state index contributed by atoms with van der Waals surface area (Å²) in [5.74, 6) is -1.51. The maximum absolute atomic E-state index is 11.9. The van der Waals surface area contributed by atoms with Crippen LogP contribution in [0.25, 0.3) is 0 Å². The zero-order valence-corrected chi connectivity index (χ0v) is 12.0. The van der Waals surface area contributed by atoms with Crippen molar-refractivity contribution in [2.75, 3.05) is 0 Å². The molecule has 0 radical (unpaired) electrons. The van der Waals surface area contributed by atoms with E-state index < -0.39 is 17.9 Å². The monoisotopic (exact) mass is 303 g/mol. The lowest BCUT2D eigenvalue weighted by Crippen LogP contribution is -2.40. The van der Waals surface area contributed by atoms with Crippen LogP contribution < -0.4 is 5.32 Å². The van der Waals surface area contributed by atoms with Gasteiger partial charge in [0.05, 0.1) is 10.0 Å². The van der Waals surface area contributed by atoms with E-state index in [-0.39, 0.29) is 10.6 Å². The van der Waals surface area contributed by atoms with Crippen molar-refractivity contribution in [2.24, 2.45) is 0 Å². The van der Waals surface area contributed by atoms with Crippen LogP contribution in [0.4, 0.5) is 0 Å². The molecule has 0 saturated heterocycles. The van der Waals surface area contributed by atoms with E-state index in [1.807, 2.05) is 6.92 Å². The standard InChI is InChI=1S/C13H15Cl2NO3/c1-2-3-4-11(13(18)19)16-12(17)8-5-6-9(14)10(15)7-8/h5-7,11H,2-4H2,1H3,(H,16,17)(H,18,19)/t11-/m0/s1. The molecule has 0 aromatic heterocycles. The zero-order valence-electron chi connectivity index (χ0n) is 10.5. The Labute approximate surface area is 121 Å². The highest BCUT2D eigenvalue weighted by Gasteiger charge is 2.20. The fourth-order valence-electron chi connectivity index (χ4n) is 1.54. The van der Waals surface area contributed by atoms with Gasteiger partial charge in [-0.15, -0.1) is 0 Å². The van der Waals surface area contributed by atoms with Crippen molar-refractivity contribution in [1.82, 2.24) is 5.32 Å². The summed E-state index contributed by atoms with van der Waals surface area (Å²) in [5, 5.41) is 12.1. The number of carboxylic acids is 1. The molecule has 0 heterocycles. The number of hydrogen-bond acceptors (Lipinski definition) is 2. The minimum atomic E-state index is -1.04. The number of carboxylic acid groups (broad SMARTS) is 1. The number of aliphatic carboxylic acids is 1. The largest absolute Gasteiger partial charge is 0.480 e. The maximum Gasteiger partial charge on any atom is 0.326 e. The molecule has 0 spiro atoms. The molecule has 0 aliphatic rings. The number of hydrogen-bond donors (Lipinski definition) is 2. The van der Waals surface area contributed by atoms with E-state index >= 15 is 0 Å². The molecule has 0 aliphatic heterocycles. The van der Waals surface area contributed by atoms with Crippen LogP contribution in [0, 0.1) is 0 Å². The minimum absolute atomic E-state index is 0.259. The van der Waals surface area contributed by atoms with E-state index in [1.165, 1.54) is 18.2 Å². The Bertz CT molecular complexity index is 477. The second-order valence-electron chi connectivity index (χ2n) is 4.14. The van der Waals surface area contributed by atoms with Crippen LogP contribution in [-0.4, -0.2) is 23.0 Å². The summed E-state index contributed by atoms with van der Waals surface area (Å²) in [4.78, 5) is 22.9. The summed E-state index contributed by atoms with van der Waals surface area (Å²) in [7, 11) is 0. The van der Waals surface area contributed by atoms with Crippen molar-refractivity contribution < 1.29 is 14.7 Å². The number of carbonyl (C=O) groups is 2. The van der Waals surface area contributed by atoms with Gasteiger partial charge in [-0.05, 0) is 24.6 Å². The van der Waals surface area contributed by atoms with Crippen LogP contribution in [0.2, 0.25) is 10.0 Å². The smallest absolute Gasteiger partial charge is 0.326 e. The average Bonchev–Trinajstić information content (AvgIpc) is 2.37. The van der Waals surface area contributed by atoms with Crippen molar-refractivity contribution in [1.29, 1.82) is 0 Å². The van der Waals surface area contributed by atoms with E-state index in [0.717, 1.165) is 12.8 Å². The summed E-state index contributed by atoms with van der Waals surface area (Å²) < 4.78 is 0. The molecule has 1 aromatic carbocycles. The van der Waals surface area contributed by atoms with E-state index in [4.69, 9.17) is 28.3 Å². The predicted molar refractivity (Wildman–Crippen MR) is 74.9 cm³/mol. The van der Waals surface area contributed by atoms with E-state index in [2.05, 4.69) is 5.32 Å². The number of carbonyl (C=O) groups excluding carboxylic acids is 1. The Morgan fingerprint density at radius 1 is 1.32 bits per heavy atom. The third-order valence-corrected chi connectivity index (χ3v) is 3.37. The molecular formula is C13H15Cl2NO3. The van der Waals surface area contributed by atoms with Gasteiger partial charge in [0.1, 0.15) is 6.04 Å². The molecule has 1 rings (SSSR count). The summed E-state index contributed by atoms with van der Waals surface area (Å²) in [6.07, 6.45) is 2.00. The van der Waals surface area contributed by atoms with Crippen molar-refractivity contribution >= 4 is 35.1 Å². The number of amides is 1. The van der Waals surface area contributed by atoms with Crippen LogP contribution in [-0.2, 0) is 4.79 Å². The van der Waals surface area contributed by atoms with Gasteiger partial charge < -0.3 is 10.4 Å². The molecule has 0 unspecified atom stereocenters. The summed E-state index contributed by atoms with van der Waals surface area (Å²) in [6.45, 7) is 1.96. The lowest BCUT2D eigenvalue weighted by atomic mass is 10.1. The van der Waals surface area contributed by atoms with E-state index in [0.29, 0.717) is 11.4 Å². The molecule has 0 fully saturated rings. The highest BCUT2D eigenvalue weighted by Crippen LogP contribution is 2.22. The van der Waals surface area contributed by atoms with Gasteiger partial charge in [0.25, 0.3) is 5.91 Å². The number of halogens is 2. The van der Waals surface area contributed by atoms with Crippen LogP contribution in [0.5, 0.6) is 0 Å². The Kier molecular flexibility index (Phi) is 6.12. The normalized spacial score (nSPS) is 11.9. The Morgan fingerprint density at radius 2 is 2.00 bits per heavy atom. The molecule has 1 atom stereocenters. The van der Waals surface area contributed by atoms with Gasteiger partial charge >= 0.3 is 5.97 Å². The Morgan fingerprint density at radius 3 is 2.53 bits per heavy atom. The second-order valence-corrected chi connectivity index (χ2v) is 4.95. The molecule has 0 aliphatic carbocycles. The topological polar surface area (TPSA) is 66.4 Å². The van der Waals surface area contributed by atoms with Gasteiger partial charge in [-0.1, -0.05) is 43.0 Å². The van der Waals surface area contributed by atoms with Gasteiger partial charge in [0.15, 0.2) is 0 Å². The van der Waals surface area contributed by atoms with E-state index in [1.54, 1.807) is 0 Å². The molecule has 6 heteroatoms. The average molecular weight is 304 g/mol. The number of nitrogens with one attached hydrogen (secondary N) is 1. The first-order valence-corrected chi connectivity index (χ1v) is 6.70. The molecule has 0 saturated carbocycles. The molecule has 2 N–H and O–H groups in total. The van der Waals surface area contributed by atoms with Crippen molar-refractivity contribution in [3.8, 4) is 0 Å². The molecule has 19 heavy (non-hydrogen) atoms. The van der Waals surface area contributed by atoms with Crippen molar-refractivity contribution in [3.63, 3.8) is 0 Å². The highest BCUT2D eigenvalue weighted by atomic mass is 35.5. The quantitative estimate of drug-likeness (QED) is 0.847. The molecule has 0 bridgehead atoms. The van der Waals surface area contributed by atoms with Crippen LogP contribution in [0.3, 0.4) is 0 Å². The summed E-state index contributed by atoms with van der Waals surface area (Å²) in [6, 6.07) is 3.53. The highest BCUT2D eigenvalue weighted by molar-refractivity contribution is 6.42. The first kappa shape index (κ1) is 15.8. The Hall–Kier alpha value is -1.26. The molecule has 104 valence electrons. The number of unbranched alkanes of at least 4 members (excludes halogenated alkanes) is 1. The number of rotatable bonds is 6. The molecule has 1 aromatic rings. The van der Waals surface area contributed by atoms with Gasteiger partial charge in [-0.3, -0.25) is 4.79 Å². The lowest BCUT2D eigenvalue weighted by Gasteiger charge is -2.14. The second kappa shape index (κ2) is 7.36. The molecular weight excluding hydrogens is 289 g/mol. The van der Waals surface area contributed by atoms with E-state index in [9.17, 15) is 9.59 Å². The zero-order chi connectivity index (χ0) is 14.4. The fourth-order valence-corrected chi connectivity index (χ4v) is 1.84. The van der Waals surface area contributed by atoms with Crippen molar-refractivity contribution in [3.05, 3.63) is 33.8 Å². The third-order valence-electron chi connectivity index (χ3n) is 2.63. The van der Waals surface area contributed by atoms with Gasteiger partial charge in [0, 0.05) is 5.56 Å². The molecule has 1 amide bonds. The fraction of sp³-hybridized carbons (Fsp3) is 0.385. The molecule has 4 nitrogen and oxygen atoms in total. The first-order valence-electron chi connectivity index (χ1n) is 5.94. The number of benzene rings is 1. The van der Waals surface area contributed by atoms with Crippen LogP contribution in [0.15, 0.2) is 18.2 Å². The summed E-state index contributed by atoms with van der Waals surface area (Å²) in [5.41, 5.74) is 0.289. The van der Waals surface area contributed by atoms with Gasteiger partial charge in [-0.25, -0.2) is 4.79 Å². The maximum atomic E-state index is 11.9. The van der Waals surface area contributed by atoms with Crippen LogP contribution >= 0.6 is 23.2 Å². The van der Waals surface area contributed by atoms with Crippen molar-refractivity contribution in [2.45, 2.75) is 32.2 Å². The van der Waals surface area contributed by atoms with Gasteiger partial charge in [-0.2, -0.15) is 0 Å². The summed E-state index contributed by atoms with van der Waals surface area (Å²) >= 11 is 11.6.